The maximum absolute atomic E-state index is 12.3. The molecule has 0 atom stereocenters. The molecule has 108 valence electrons. The van der Waals surface area contributed by atoms with E-state index in [4.69, 9.17) is 5.73 Å². The normalized spacial score (nSPS) is 11.8. The Morgan fingerprint density at radius 3 is 2.40 bits per heavy atom. The van der Waals surface area contributed by atoms with Crippen LogP contribution in [0.15, 0.2) is 27.8 Å². The molecule has 0 unspecified atom stereocenters. The Morgan fingerprint density at radius 2 is 1.85 bits per heavy atom. The van der Waals surface area contributed by atoms with Crippen molar-refractivity contribution in [3.8, 4) is 0 Å². The topological polar surface area (TPSA) is 72.2 Å². The molecule has 0 aliphatic carbocycles. The van der Waals surface area contributed by atoms with Crippen molar-refractivity contribution < 1.29 is 8.42 Å². The summed E-state index contributed by atoms with van der Waals surface area (Å²) in [7, 11) is -3.54. The SMILES string of the molecule is Cc1cscc1CNS(=O)(=O)c1cc(C)c(C)c(N)c1. The molecular formula is C14H18N2O2S2. The Labute approximate surface area is 123 Å². The zero-order valence-electron chi connectivity index (χ0n) is 11.7. The minimum Gasteiger partial charge on any atom is -0.398 e. The van der Waals surface area contributed by atoms with Crippen LogP contribution in [0.1, 0.15) is 22.3 Å². The fourth-order valence-electron chi connectivity index (χ4n) is 1.83. The molecule has 20 heavy (non-hydrogen) atoms. The van der Waals surface area contributed by atoms with E-state index in [0.717, 1.165) is 22.3 Å². The summed E-state index contributed by atoms with van der Waals surface area (Å²) in [6.07, 6.45) is 0. The summed E-state index contributed by atoms with van der Waals surface area (Å²) in [4.78, 5) is 0.214. The molecule has 1 aromatic heterocycles. The third-order valence-corrected chi connectivity index (χ3v) is 5.70. The van der Waals surface area contributed by atoms with E-state index in [1.165, 1.54) is 6.07 Å². The second-order valence-electron chi connectivity index (χ2n) is 4.86. The van der Waals surface area contributed by atoms with E-state index >= 15 is 0 Å². The highest BCUT2D eigenvalue weighted by Crippen LogP contribution is 2.22. The Kier molecular flexibility index (Phi) is 4.17. The Balaban J connectivity index is 2.25. The molecule has 0 saturated heterocycles. The van der Waals surface area contributed by atoms with E-state index in [1.54, 1.807) is 17.4 Å². The van der Waals surface area contributed by atoms with Gasteiger partial charge in [0.15, 0.2) is 0 Å². The molecule has 6 heteroatoms. The molecule has 0 radical (unpaired) electrons. The number of thiophene rings is 1. The summed E-state index contributed by atoms with van der Waals surface area (Å²) >= 11 is 1.56. The predicted octanol–water partition coefficient (Wildman–Crippen LogP) is 2.73. The van der Waals surface area contributed by atoms with E-state index in [-0.39, 0.29) is 4.90 Å². The van der Waals surface area contributed by atoms with E-state index < -0.39 is 10.0 Å². The lowest BCUT2D eigenvalue weighted by atomic mass is 10.1. The van der Waals surface area contributed by atoms with Crippen molar-refractivity contribution in [3.63, 3.8) is 0 Å². The molecule has 0 aliphatic heterocycles. The van der Waals surface area contributed by atoms with Crippen molar-refractivity contribution in [1.82, 2.24) is 4.72 Å². The van der Waals surface area contributed by atoms with Crippen LogP contribution in [-0.4, -0.2) is 8.42 Å². The summed E-state index contributed by atoms with van der Waals surface area (Å²) in [5.41, 5.74) is 10.2. The third-order valence-electron chi connectivity index (χ3n) is 3.41. The average Bonchev–Trinajstić information content (AvgIpc) is 2.78. The number of benzene rings is 1. The van der Waals surface area contributed by atoms with Crippen molar-refractivity contribution in [3.05, 3.63) is 45.1 Å². The molecule has 0 bridgehead atoms. The van der Waals surface area contributed by atoms with Gasteiger partial charge in [-0.05, 0) is 65.9 Å². The number of aryl methyl sites for hydroxylation is 2. The number of rotatable bonds is 4. The maximum Gasteiger partial charge on any atom is 0.240 e. The zero-order valence-corrected chi connectivity index (χ0v) is 13.4. The van der Waals surface area contributed by atoms with Crippen LogP contribution >= 0.6 is 11.3 Å². The van der Waals surface area contributed by atoms with Crippen LogP contribution in [-0.2, 0) is 16.6 Å². The highest BCUT2D eigenvalue weighted by Gasteiger charge is 2.16. The first-order valence-corrected chi connectivity index (χ1v) is 8.62. The summed E-state index contributed by atoms with van der Waals surface area (Å²) in [5.74, 6) is 0. The highest BCUT2D eigenvalue weighted by atomic mass is 32.2. The monoisotopic (exact) mass is 310 g/mol. The van der Waals surface area contributed by atoms with Crippen molar-refractivity contribution in [2.75, 3.05) is 5.73 Å². The first-order valence-electron chi connectivity index (χ1n) is 6.19. The summed E-state index contributed by atoms with van der Waals surface area (Å²) in [5, 5.41) is 3.95. The van der Waals surface area contributed by atoms with Crippen LogP contribution in [0.25, 0.3) is 0 Å². The second kappa shape index (κ2) is 5.55. The first-order chi connectivity index (χ1) is 9.31. The third kappa shape index (κ3) is 3.03. The molecule has 0 aliphatic rings. The number of nitrogens with one attached hydrogen (secondary N) is 1. The lowest BCUT2D eigenvalue weighted by Gasteiger charge is -2.11. The van der Waals surface area contributed by atoms with E-state index in [1.807, 2.05) is 31.5 Å². The van der Waals surface area contributed by atoms with Gasteiger partial charge >= 0.3 is 0 Å². The quantitative estimate of drug-likeness (QED) is 0.853. The Hall–Kier alpha value is -1.37. The van der Waals surface area contributed by atoms with Crippen LogP contribution in [0.4, 0.5) is 5.69 Å². The zero-order chi connectivity index (χ0) is 14.9. The van der Waals surface area contributed by atoms with Gasteiger partial charge in [0.05, 0.1) is 4.90 Å². The molecule has 4 nitrogen and oxygen atoms in total. The lowest BCUT2D eigenvalue weighted by molar-refractivity contribution is 0.581. The number of hydrogen-bond acceptors (Lipinski definition) is 4. The van der Waals surface area contributed by atoms with Gasteiger partial charge in [0.2, 0.25) is 10.0 Å². The first kappa shape index (κ1) is 15.0. The van der Waals surface area contributed by atoms with Gasteiger partial charge in [0.1, 0.15) is 0 Å². The minimum atomic E-state index is -3.54. The van der Waals surface area contributed by atoms with Crippen molar-refractivity contribution in [2.45, 2.75) is 32.2 Å². The van der Waals surface area contributed by atoms with Gasteiger partial charge in [-0.3, -0.25) is 0 Å². The van der Waals surface area contributed by atoms with Gasteiger partial charge in [-0.1, -0.05) is 0 Å². The fourth-order valence-corrected chi connectivity index (χ4v) is 3.81. The Morgan fingerprint density at radius 1 is 1.15 bits per heavy atom. The standard InChI is InChI=1S/C14H18N2O2S2/c1-9-4-13(5-14(15)11(9)3)20(17,18)16-6-12-8-19-7-10(12)2/h4-5,7-8,16H,6,15H2,1-3H3. The van der Waals surface area contributed by atoms with Crippen LogP contribution in [0.5, 0.6) is 0 Å². The number of hydrogen-bond donors (Lipinski definition) is 2. The molecule has 0 fully saturated rings. The molecular weight excluding hydrogens is 292 g/mol. The van der Waals surface area contributed by atoms with Crippen LogP contribution in [0, 0.1) is 20.8 Å². The number of sulfonamides is 1. The number of nitrogen functional groups attached to an aromatic ring is 1. The molecule has 0 amide bonds. The number of anilines is 1. The van der Waals surface area contributed by atoms with Gasteiger partial charge in [-0.2, -0.15) is 11.3 Å². The summed E-state index contributed by atoms with van der Waals surface area (Å²) in [6.45, 7) is 6.00. The lowest BCUT2D eigenvalue weighted by Crippen LogP contribution is -2.23. The van der Waals surface area contributed by atoms with Gasteiger partial charge < -0.3 is 5.73 Å². The van der Waals surface area contributed by atoms with Crippen molar-refractivity contribution in [2.24, 2.45) is 0 Å². The van der Waals surface area contributed by atoms with E-state index in [2.05, 4.69) is 4.72 Å². The molecule has 2 rings (SSSR count). The van der Waals surface area contributed by atoms with Crippen LogP contribution in [0.2, 0.25) is 0 Å². The minimum absolute atomic E-state index is 0.214. The fraction of sp³-hybridized carbons (Fsp3) is 0.286. The van der Waals surface area contributed by atoms with Crippen molar-refractivity contribution in [1.29, 1.82) is 0 Å². The molecule has 0 saturated carbocycles. The Bertz CT molecular complexity index is 710. The van der Waals surface area contributed by atoms with E-state index in [0.29, 0.717) is 12.2 Å². The average molecular weight is 310 g/mol. The smallest absolute Gasteiger partial charge is 0.240 e. The molecule has 2 aromatic rings. The van der Waals surface area contributed by atoms with Gasteiger partial charge in [-0.25, -0.2) is 13.1 Å². The molecule has 3 N–H and O–H groups in total. The molecule has 1 heterocycles. The predicted molar refractivity (Wildman–Crippen MR) is 83.4 cm³/mol. The molecule has 0 spiro atoms. The van der Waals surface area contributed by atoms with E-state index in [9.17, 15) is 8.42 Å². The van der Waals surface area contributed by atoms with Gasteiger partial charge in [0.25, 0.3) is 0 Å². The number of nitrogens with two attached hydrogens (primary N) is 1. The highest BCUT2D eigenvalue weighted by molar-refractivity contribution is 7.89. The summed E-state index contributed by atoms with van der Waals surface area (Å²) < 4.78 is 27.2. The van der Waals surface area contributed by atoms with Gasteiger partial charge in [-0.15, -0.1) is 0 Å². The van der Waals surface area contributed by atoms with Crippen LogP contribution < -0.4 is 10.5 Å². The second-order valence-corrected chi connectivity index (χ2v) is 7.37. The molecule has 1 aromatic carbocycles. The summed E-state index contributed by atoms with van der Waals surface area (Å²) in [6, 6.07) is 3.15. The largest absolute Gasteiger partial charge is 0.398 e. The van der Waals surface area contributed by atoms with Crippen molar-refractivity contribution >= 4 is 27.0 Å². The van der Waals surface area contributed by atoms with Gasteiger partial charge in [0, 0.05) is 12.2 Å². The van der Waals surface area contributed by atoms with Crippen LogP contribution in [0.3, 0.4) is 0 Å². The maximum atomic E-state index is 12.3.